The number of hydrogen-bond donors (Lipinski definition) is 3. The molecule has 5 rings (SSSR count). The summed E-state index contributed by atoms with van der Waals surface area (Å²) in [5.41, 5.74) is 3.48. The van der Waals surface area contributed by atoms with Gasteiger partial charge in [0, 0.05) is 40.9 Å². The van der Waals surface area contributed by atoms with Crippen LogP contribution in [0.2, 0.25) is 0 Å². The smallest absolute Gasteiger partial charge is 0.379 e. The minimum absolute atomic E-state index is 0.0659. The second kappa shape index (κ2) is 24.8. The molecular formula is C45H56F3N3O11S2. The van der Waals surface area contributed by atoms with Crippen LogP contribution in [0.25, 0.3) is 11.3 Å². The maximum Gasteiger partial charge on any atom is 0.416 e. The van der Waals surface area contributed by atoms with E-state index in [4.69, 9.17) is 33.0 Å². The molecule has 0 fully saturated rings. The van der Waals surface area contributed by atoms with Gasteiger partial charge in [0.2, 0.25) is 0 Å². The number of ether oxygens (including phenoxy) is 6. The predicted molar refractivity (Wildman–Crippen MR) is 235 cm³/mol. The van der Waals surface area contributed by atoms with Crippen molar-refractivity contribution >= 4 is 38.3 Å². The fourth-order valence-electron chi connectivity index (χ4n) is 6.73. The molecule has 2 aromatic heterocycles. The number of halogens is 3. The number of aromatic nitrogens is 1. The first kappa shape index (κ1) is 50.7. The van der Waals surface area contributed by atoms with E-state index in [0.717, 1.165) is 53.0 Å². The van der Waals surface area contributed by atoms with Crippen molar-refractivity contribution in [1.82, 2.24) is 10.3 Å². The highest BCUT2D eigenvalue weighted by molar-refractivity contribution is 7.85. The Hall–Kier alpha value is -4.31. The largest absolute Gasteiger partial charge is 0.416 e. The number of fused-ring (bicyclic) bond motifs is 1. The lowest BCUT2D eigenvalue weighted by Gasteiger charge is -2.29. The maximum absolute atomic E-state index is 13.8. The zero-order chi connectivity index (χ0) is 46.0. The van der Waals surface area contributed by atoms with Crippen LogP contribution >= 0.6 is 11.3 Å². The summed E-state index contributed by atoms with van der Waals surface area (Å²) >= 11 is 1.50. The van der Waals surface area contributed by atoms with E-state index >= 15 is 0 Å². The van der Waals surface area contributed by atoms with Gasteiger partial charge in [-0.2, -0.15) is 21.6 Å². The van der Waals surface area contributed by atoms with Gasteiger partial charge < -0.3 is 39.1 Å². The van der Waals surface area contributed by atoms with E-state index in [1.54, 1.807) is 30.3 Å². The van der Waals surface area contributed by atoms with Crippen molar-refractivity contribution in [2.24, 2.45) is 5.41 Å². The highest BCUT2D eigenvalue weighted by Gasteiger charge is 2.32. The van der Waals surface area contributed by atoms with Gasteiger partial charge in [-0.05, 0) is 84.2 Å². The second-order valence-electron chi connectivity index (χ2n) is 15.8. The normalized spacial score (nSPS) is 13.7. The summed E-state index contributed by atoms with van der Waals surface area (Å²) in [6.07, 6.45) is -0.245. The quantitative estimate of drug-likeness (QED) is 0.0399. The van der Waals surface area contributed by atoms with E-state index in [1.165, 1.54) is 29.7 Å². The first-order valence-electron chi connectivity index (χ1n) is 21.0. The van der Waals surface area contributed by atoms with E-state index in [0.29, 0.717) is 87.9 Å². The van der Waals surface area contributed by atoms with Crippen molar-refractivity contribution in [3.8, 4) is 11.3 Å². The molecule has 0 bridgehead atoms. The number of thiophene rings is 1. The lowest BCUT2D eigenvalue weighted by Crippen LogP contribution is -2.23. The number of carbonyl (C=O) groups excluding carboxylic acids is 2. The fraction of sp³-hybridized carbons (Fsp3) is 0.489. The Morgan fingerprint density at radius 1 is 0.781 bits per heavy atom. The van der Waals surface area contributed by atoms with E-state index in [1.807, 2.05) is 6.07 Å². The van der Waals surface area contributed by atoms with Gasteiger partial charge in [-0.25, -0.2) is 0 Å². The molecule has 0 radical (unpaired) electrons. The summed E-state index contributed by atoms with van der Waals surface area (Å²) in [5.74, 6) is -1.11. The summed E-state index contributed by atoms with van der Waals surface area (Å²) < 4.78 is 103. The van der Waals surface area contributed by atoms with Crippen molar-refractivity contribution < 1.29 is 64.2 Å². The molecule has 2 amide bonds. The Labute approximate surface area is 375 Å². The predicted octanol–water partition coefficient (Wildman–Crippen LogP) is 7.40. The molecule has 350 valence electrons. The molecule has 2 heterocycles. The van der Waals surface area contributed by atoms with Gasteiger partial charge in [-0.3, -0.25) is 19.1 Å². The number of pyridine rings is 1. The van der Waals surface area contributed by atoms with Crippen LogP contribution in [-0.2, 0) is 70.7 Å². The maximum atomic E-state index is 13.8. The first-order chi connectivity index (χ1) is 30.6. The lowest BCUT2D eigenvalue weighted by atomic mass is 9.76. The third-order valence-electron chi connectivity index (χ3n) is 10.0. The molecule has 64 heavy (non-hydrogen) atoms. The number of benzene rings is 2. The standard InChI is InChI=1S/C45H56F3N3O11S2/c1-44(2)12-10-37-39(29-44)63-43(40(37)38-28-35(11-13-49-38)41(52)50-30-32-6-4-9-36(27-32)45(46,47)48)51-42(53)34-8-3-7-33(26-34)31-62-24-23-61-22-21-60-20-19-59-18-17-58-16-15-57-14-5-25-64(54,55)56/h3-4,6-9,11,13,26-28H,5,10,12,14-25,29-31H2,1-2H3,(H,50,52)(H,51,53)(H,54,55,56). The van der Waals surface area contributed by atoms with Crippen molar-refractivity contribution in [3.63, 3.8) is 0 Å². The van der Waals surface area contributed by atoms with Gasteiger partial charge in [0.25, 0.3) is 21.9 Å². The van der Waals surface area contributed by atoms with Gasteiger partial charge in [-0.15, -0.1) is 11.3 Å². The molecule has 0 saturated heterocycles. The monoisotopic (exact) mass is 935 g/mol. The topological polar surface area (TPSA) is 181 Å². The summed E-state index contributed by atoms with van der Waals surface area (Å²) in [7, 11) is -3.96. The van der Waals surface area contributed by atoms with E-state index < -0.39 is 27.8 Å². The SMILES string of the molecule is CC1(C)CCc2c(sc(NC(=O)c3cccc(COCCOCCOCCOCCOCCOCCCS(=O)(=O)O)c3)c2-c2cc(C(=O)NCc3cccc(C(F)(F)F)c3)ccn2)C1. The Balaban J connectivity index is 1.03. The van der Waals surface area contributed by atoms with Gasteiger partial charge in [0.05, 0.1) is 89.7 Å². The van der Waals surface area contributed by atoms with E-state index in [-0.39, 0.29) is 48.8 Å². The van der Waals surface area contributed by atoms with Crippen LogP contribution < -0.4 is 10.6 Å². The summed E-state index contributed by atoms with van der Waals surface area (Å²) in [4.78, 5) is 32.8. The molecule has 1 aliphatic rings. The number of nitrogens with zero attached hydrogens (tertiary/aromatic N) is 1. The van der Waals surface area contributed by atoms with Crippen LogP contribution in [0.4, 0.5) is 18.2 Å². The van der Waals surface area contributed by atoms with Crippen LogP contribution in [-0.4, -0.2) is 108 Å². The molecule has 0 unspecified atom stereocenters. The summed E-state index contributed by atoms with van der Waals surface area (Å²) in [6, 6.07) is 15.2. The minimum atomic E-state index is -4.49. The Bertz CT molecular complexity index is 2240. The fourth-order valence-corrected chi connectivity index (χ4v) is 8.72. The number of hydrogen-bond acceptors (Lipinski definition) is 12. The van der Waals surface area contributed by atoms with E-state index in [2.05, 4.69) is 29.5 Å². The van der Waals surface area contributed by atoms with Crippen LogP contribution in [0, 0.1) is 5.41 Å². The van der Waals surface area contributed by atoms with Crippen LogP contribution in [0.1, 0.15) is 74.5 Å². The molecule has 0 saturated carbocycles. The third kappa shape index (κ3) is 17.2. The molecule has 0 atom stereocenters. The average Bonchev–Trinajstić information content (AvgIpc) is 3.60. The van der Waals surface area contributed by atoms with E-state index in [9.17, 15) is 31.2 Å². The van der Waals surface area contributed by atoms with Crippen LogP contribution in [0.5, 0.6) is 0 Å². The average molecular weight is 936 g/mol. The number of carbonyl (C=O) groups is 2. The minimum Gasteiger partial charge on any atom is -0.379 e. The van der Waals surface area contributed by atoms with Gasteiger partial charge in [0.15, 0.2) is 0 Å². The van der Waals surface area contributed by atoms with Crippen LogP contribution in [0.15, 0.2) is 66.9 Å². The van der Waals surface area contributed by atoms with Crippen LogP contribution in [0.3, 0.4) is 0 Å². The molecule has 3 N–H and O–H groups in total. The Morgan fingerprint density at radius 2 is 1.38 bits per heavy atom. The number of anilines is 1. The molecule has 0 aliphatic heterocycles. The number of alkyl halides is 3. The highest BCUT2D eigenvalue weighted by atomic mass is 32.2. The van der Waals surface area contributed by atoms with Crippen molar-refractivity contribution in [1.29, 1.82) is 0 Å². The second-order valence-corrected chi connectivity index (χ2v) is 18.4. The number of amides is 2. The van der Waals surface area contributed by atoms with Gasteiger partial charge >= 0.3 is 6.18 Å². The van der Waals surface area contributed by atoms with Gasteiger partial charge in [-0.1, -0.05) is 38.1 Å². The number of rotatable bonds is 27. The first-order valence-corrected chi connectivity index (χ1v) is 23.4. The molecule has 4 aromatic rings. The lowest BCUT2D eigenvalue weighted by molar-refractivity contribution is -0.137. The van der Waals surface area contributed by atoms with Gasteiger partial charge in [0.1, 0.15) is 5.00 Å². The molecule has 2 aromatic carbocycles. The highest BCUT2D eigenvalue weighted by Crippen LogP contribution is 2.47. The zero-order valence-electron chi connectivity index (χ0n) is 36.0. The van der Waals surface area contributed by atoms with Crippen molar-refractivity contribution in [2.45, 2.75) is 58.9 Å². The number of nitrogens with one attached hydrogen (secondary N) is 2. The Kier molecular flexibility index (Phi) is 19.7. The summed E-state index contributed by atoms with van der Waals surface area (Å²) in [5, 5.41) is 6.46. The molecule has 0 spiro atoms. The van der Waals surface area contributed by atoms with Crippen molar-refractivity contribution in [3.05, 3.63) is 105 Å². The molecule has 1 aliphatic carbocycles. The zero-order valence-corrected chi connectivity index (χ0v) is 37.6. The Morgan fingerprint density at radius 3 is 2.02 bits per heavy atom. The third-order valence-corrected chi connectivity index (χ3v) is 12.0. The van der Waals surface area contributed by atoms with Crippen molar-refractivity contribution in [2.75, 3.05) is 83.7 Å². The molecular weight excluding hydrogens is 880 g/mol. The molecule has 14 nitrogen and oxygen atoms in total. The molecule has 19 heteroatoms. The summed E-state index contributed by atoms with van der Waals surface area (Å²) in [6.45, 7) is 8.53.